The highest BCUT2D eigenvalue weighted by Crippen LogP contribution is 2.27. The van der Waals surface area contributed by atoms with Gasteiger partial charge in [0.15, 0.2) is 0 Å². The molecule has 2 aromatic heterocycles. The Morgan fingerprint density at radius 3 is 2.93 bits per heavy atom. The summed E-state index contributed by atoms with van der Waals surface area (Å²) in [5, 5.41) is 16.2. The molecule has 0 aliphatic rings. The fourth-order valence-corrected chi connectivity index (χ4v) is 2.25. The first-order valence-electron chi connectivity index (χ1n) is 4.69. The van der Waals surface area contributed by atoms with E-state index in [2.05, 4.69) is 10.1 Å². The van der Waals surface area contributed by atoms with E-state index >= 15 is 0 Å². The van der Waals surface area contributed by atoms with Crippen LogP contribution >= 0.6 is 11.3 Å². The topological polar surface area (TPSA) is 50.9 Å². The molecule has 80 valence electrons. The SMILES string of the molecule is Cn1ncnc1CC(C)(O)c1cccs1. The summed E-state index contributed by atoms with van der Waals surface area (Å²) in [7, 11) is 1.83. The average Bonchev–Trinajstić information content (AvgIpc) is 2.77. The zero-order valence-electron chi connectivity index (χ0n) is 8.71. The predicted octanol–water partition coefficient (Wildman–Crippen LogP) is 1.33. The van der Waals surface area contributed by atoms with Gasteiger partial charge in [0, 0.05) is 18.3 Å². The van der Waals surface area contributed by atoms with Gasteiger partial charge in [0.1, 0.15) is 17.8 Å². The van der Waals surface area contributed by atoms with Crippen molar-refractivity contribution in [2.45, 2.75) is 18.9 Å². The molecule has 1 N–H and O–H groups in total. The largest absolute Gasteiger partial charge is 0.384 e. The van der Waals surface area contributed by atoms with E-state index in [4.69, 9.17) is 0 Å². The minimum atomic E-state index is -0.866. The van der Waals surface area contributed by atoms with Crippen molar-refractivity contribution in [2.75, 3.05) is 0 Å². The van der Waals surface area contributed by atoms with E-state index in [-0.39, 0.29) is 0 Å². The number of hydrogen-bond donors (Lipinski definition) is 1. The minimum absolute atomic E-state index is 0.476. The summed E-state index contributed by atoms with van der Waals surface area (Å²) in [6.45, 7) is 1.80. The van der Waals surface area contributed by atoms with Gasteiger partial charge in [0.2, 0.25) is 0 Å². The molecule has 15 heavy (non-hydrogen) atoms. The van der Waals surface area contributed by atoms with Gasteiger partial charge in [0.25, 0.3) is 0 Å². The van der Waals surface area contributed by atoms with Gasteiger partial charge in [-0.05, 0) is 18.4 Å². The third-order valence-electron chi connectivity index (χ3n) is 2.36. The summed E-state index contributed by atoms with van der Waals surface area (Å²) in [6.07, 6.45) is 1.98. The van der Waals surface area contributed by atoms with Crippen LogP contribution in [0.25, 0.3) is 0 Å². The minimum Gasteiger partial charge on any atom is -0.384 e. The maximum atomic E-state index is 10.3. The maximum Gasteiger partial charge on any atom is 0.138 e. The van der Waals surface area contributed by atoms with E-state index in [0.717, 1.165) is 10.7 Å². The van der Waals surface area contributed by atoms with Crippen LogP contribution in [0.15, 0.2) is 23.8 Å². The Morgan fingerprint density at radius 1 is 1.60 bits per heavy atom. The molecular formula is C10H13N3OS. The molecule has 5 heteroatoms. The number of aliphatic hydroxyl groups is 1. The number of thiophene rings is 1. The Labute approximate surface area is 92.2 Å². The zero-order valence-corrected chi connectivity index (χ0v) is 9.53. The van der Waals surface area contributed by atoms with Gasteiger partial charge in [-0.15, -0.1) is 11.3 Å². The van der Waals surface area contributed by atoms with Crippen molar-refractivity contribution >= 4 is 11.3 Å². The molecule has 0 radical (unpaired) electrons. The quantitative estimate of drug-likeness (QED) is 0.854. The molecule has 0 aliphatic heterocycles. The van der Waals surface area contributed by atoms with Crippen molar-refractivity contribution in [3.8, 4) is 0 Å². The summed E-state index contributed by atoms with van der Waals surface area (Å²) in [4.78, 5) is 5.06. The summed E-state index contributed by atoms with van der Waals surface area (Å²) in [5.41, 5.74) is -0.866. The molecule has 1 unspecified atom stereocenters. The third-order valence-corrected chi connectivity index (χ3v) is 3.48. The van der Waals surface area contributed by atoms with E-state index in [1.807, 2.05) is 24.6 Å². The molecule has 0 saturated carbocycles. The van der Waals surface area contributed by atoms with Crippen molar-refractivity contribution in [3.05, 3.63) is 34.5 Å². The summed E-state index contributed by atoms with van der Waals surface area (Å²) in [5.74, 6) is 0.786. The Bertz CT molecular complexity index is 433. The lowest BCUT2D eigenvalue weighted by Crippen LogP contribution is -2.24. The number of aromatic nitrogens is 3. The van der Waals surface area contributed by atoms with Crippen LogP contribution in [0.3, 0.4) is 0 Å². The lowest BCUT2D eigenvalue weighted by molar-refractivity contribution is 0.0583. The molecule has 0 fully saturated rings. The first-order chi connectivity index (χ1) is 7.09. The van der Waals surface area contributed by atoms with Crippen molar-refractivity contribution < 1.29 is 5.11 Å². The highest BCUT2D eigenvalue weighted by atomic mass is 32.1. The molecule has 0 saturated heterocycles. The van der Waals surface area contributed by atoms with Crippen molar-refractivity contribution in [3.63, 3.8) is 0 Å². The van der Waals surface area contributed by atoms with E-state index in [1.54, 1.807) is 22.9 Å². The number of rotatable bonds is 3. The van der Waals surface area contributed by atoms with E-state index in [1.165, 1.54) is 6.33 Å². The van der Waals surface area contributed by atoms with Crippen LogP contribution in [-0.4, -0.2) is 19.9 Å². The highest BCUT2D eigenvalue weighted by molar-refractivity contribution is 7.10. The van der Waals surface area contributed by atoms with E-state index < -0.39 is 5.60 Å². The maximum absolute atomic E-state index is 10.3. The van der Waals surface area contributed by atoms with E-state index in [0.29, 0.717) is 6.42 Å². The third kappa shape index (κ3) is 2.08. The second kappa shape index (κ2) is 3.75. The Morgan fingerprint density at radius 2 is 2.40 bits per heavy atom. The van der Waals surface area contributed by atoms with Gasteiger partial charge < -0.3 is 5.11 Å². The van der Waals surface area contributed by atoms with Gasteiger partial charge in [-0.2, -0.15) is 5.10 Å². The molecule has 0 amide bonds. The second-order valence-electron chi connectivity index (χ2n) is 3.73. The normalized spacial score (nSPS) is 15.1. The van der Waals surface area contributed by atoms with E-state index in [9.17, 15) is 5.11 Å². The fraction of sp³-hybridized carbons (Fsp3) is 0.400. The Hall–Kier alpha value is -1.20. The van der Waals surface area contributed by atoms with Crippen molar-refractivity contribution in [1.29, 1.82) is 0 Å². The highest BCUT2D eigenvalue weighted by Gasteiger charge is 2.26. The van der Waals surface area contributed by atoms with Gasteiger partial charge >= 0.3 is 0 Å². The lowest BCUT2D eigenvalue weighted by Gasteiger charge is -2.20. The van der Waals surface area contributed by atoms with Crippen LogP contribution in [0.2, 0.25) is 0 Å². The van der Waals surface area contributed by atoms with Crippen LogP contribution in [0.4, 0.5) is 0 Å². The lowest BCUT2D eigenvalue weighted by atomic mass is 10.00. The van der Waals surface area contributed by atoms with Gasteiger partial charge in [-0.25, -0.2) is 4.98 Å². The van der Waals surface area contributed by atoms with Gasteiger partial charge in [-0.3, -0.25) is 4.68 Å². The molecule has 0 spiro atoms. The molecule has 0 aromatic carbocycles. The Balaban J connectivity index is 2.22. The van der Waals surface area contributed by atoms with Gasteiger partial charge in [-0.1, -0.05) is 6.07 Å². The zero-order chi connectivity index (χ0) is 10.9. The fourth-order valence-electron chi connectivity index (χ4n) is 1.46. The number of aryl methyl sites for hydroxylation is 1. The molecule has 1 atom stereocenters. The first kappa shape index (κ1) is 10.3. The second-order valence-corrected chi connectivity index (χ2v) is 4.68. The number of hydrogen-bond acceptors (Lipinski definition) is 4. The monoisotopic (exact) mass is 223 g/mol. The van der Waals surface area contributed by atoms with Gasteiger partial charge in [0.05, 0.1) is 0 Å². The standard InChI is InChI=1S/C10H13N3OS/c1-10(14,8-4-3-5-15-8)6-9-11-7-12-13(9)2/h3-5,7,14H,6H2,1-2H3. The molecular weight excluding hydrogens is 210 g/mol. The van der Waals surface area contributed by atoms with Crippen LogP contribution < -0.4 is 0 Å². The van der Waals surface area contributed by atoms with Crippen LogP contribution in [-0.2, 0) is 19.1 Å². The molecule has 0 aliphatic carbocycles. The summed E-state index contributed by atoms with van der Waals surface area (Å²) < 4.78 is 1.68. The summed E-state index contributed by atoms with van der Waals surface area (Å²) >= 11 is 1.55. The molecule has 4 nitrogen and oxygen atoms in total. The molecule has 0 bridgehead atoms. The first-order valence-corrected chi connectivity index (χ1v) is 5.57. The van der Waals surface area contributed by atoms with Crippen LogP contribution in [0, 0.1) is 0 Å². The molecule has 2 heterocycles. The van der Waals surface area contributed by atoms with Crippen LogP contribution in [0.1, 0.15) is 17.6 Å². The number of nitrogens with zero attached hydrogens (tertiary/aromatic N) is 3. The molecule has 2 aromatic rings. The summed E-state index contributed by atoms with van der Waals surface area (Å²) in [6, 6.07) is 3.87. The molecule has 2 rings (SSSR count). The van der Waals surface area contributed by atoms with Crippen LogP contribution in [0.5, 0.6) is 0 Å². The Kier molecular flexibility index (Phi) is 2.58. The van der Waals surface area contributed by atoms with Crippen molar-refractivity contribution in [1.82, 2.24) is 14.8 Å². The smallest absolute Gasteiger partial charge is 0.138 e. The predicted molar refractivity (Wildman–Crippen MR) is 58.6 cm³/mol. The van der Waals surface area contributed by atoms with Crippen molar-refractivity contribution in [2.24, 2.45) is 7.05 Å². The average molecular weight is 223 g/mol.